The van der Waals surface area contributed by atoms with Gasteiger partial charge in [-0.15, -0.1) is 0 Å². The van der Waals surface area contributed by atoms with E-state index in [0.717, 1.165) is 36.4 Å². The van der Waals surface area contributed by atoms with E-state index in [1.165, 1.54) is 0 Å². The number of carbonyl (C=O) groups is 1. The van der Waals surface area contributed by atoms with Crippen LogP contribution in [0.25, 0.3) is 5.69 Å². The molecule has 0 atom stereocenters. The maximum atomic E-state index is 13.8. The molecular weight excluding hydrogens is 261 g/mol. The van der Waals surface area contributed by atoms with Crippen LogP contribution in [-0.2, 0) is 12.8 Å². The molecule has 0 unspecified atom stereocenters. The zero-order valence-electron chi connectivity index (χ0n) is 11.4. The van der Waals surface area contributed by atoms with Crippen LogP contribution < -0.4 is 5.73 Å². The number of nitrogens with zero attached hydrogens (tertiary/aromatic N) is 2. The largest absolute Gasteiger partial charge is 0.478 e. The van der Waals surface area contributed by atoms with Crippen molar-refractivity contribution in [2.45, 2.75) is 26.7 Å². The zero-order chi connectivity index (χ0) is 14.9. The number of nitrogen functional groups attached to an aromatic ring is 1. The van der Waals surface area contributed by atoms with Gasteiger partial charge in [-0.2, -0.15) is 5.10 Å². The van der Waals surface area contributed by atoms with E-state index in [1.807, 2.05) is 19.9 Å². The van der Waals surface area contributed by atoms with E-state index in [1.54, 1.807) is 4.68 Å². The molecule has 6 heteroatoms. The quantitative estimate of drug-likeness (QED) is 0.841. The first-order valence-electron chi connectivity index (χ1n) is 6.38. The highest BCUT2D eigenvalue weighted by Gasteiger charge is 2.17. The smallest absolute Gasteiger partial charge is 0.338 e. The minimum absolute atomic E-state index is 0.184. The van der Waals surface area contributed by atoms with Gasteiger partial charge in [0.1, 0.15) is 5.82 Å². The first-order valence-corrected chi connectivity index (χ1v) is 6.38. The summed E-state index contributed by atoms with van der Waals surface area (Å²) in [6, 6.07) is 4.17. The van der Waals surface area contributed by atoms with E-state index in [4.69, 9.17) is 10.8 Å². The third-order valence-electron chi connectivity index (χ3n) is 3.13. The molecular formula is C14H16FN3O2. The van der Waals surface area contributed by atoms with E-state index in [2.05, 4.69) is 5.10 Å². The van der Waals surface area contributed by atoms with Gasteiger partial charge in [-0.05, 0) is 25.0 Å². The van der Waals surface area contributed by atoms with Gasteiger partial charge in [-0.3, -0.25) is 0 Å². The van der Waals surface area contributed by atoms with Crippen molar-refractivity contribution in [3.63, 3.8) is 0 Å². The fourth-order valence-electron chi connectivity index (χ4n) is 2.04. The van der Waals surface area contributed by atoms with Crippen LogP contribution in [0.2, 0.25) is 0 Å². The summed E-state index contributed by atoms with van der Waals surface area (Å²) in [5, 5.41) is 13.2. The summed E-state index contributed by atoms with van der Waals surface area (Å²) < 4.78 is 15.4. The molecule has 0 fully saturated rings. The maximum Gasteiger partial charge on any atom is 0.338 e. The third kappa shape index (κ3) is 2.36. The van der Waals surface area contributed by atoms with Gasteiger partial charge in [0.05, 0.1) is 22.6 Å². The van der Waals surface area contributed by atoms with Gasteiger partial charge >= 0.3 is 5.97 Å². The number of aromatic carboxylic acids is 1. The lowest BCUT2D eigenvalue weighted by molar-refractivity contribution is 0.0692. The number of aromatic nitrogens is 2. The van der Waals surface area contributed by atoms with Crippen LogP contribution in [0.1, 0.15) is 35.6 Å². The minimum Gasteiger partial charge on any atom is -0.478 e. The van der Waals surface area contributed by atoms with Gasteiger partial charge in [0.15, 0.2) is 0 Å². The Morgan fingerprint density at radius 3 is 2.60 bits per heavy atom. The Labute approximate surface area is 115 Å². The number of nitrogens with two attached hydrogens (primary N) is 1. The van der Waals surface area contributed by atoms with Crippen molar-refractivity contribution in [2.24, 2.45) is 0 Å². The van der Waals surface area contributed by atoms with Crippen LogP contribution in [0, 0.1) is 5.82 Å². The molecule has 0 aliphatic carbocycles. The van der Waals surface area contributed by atoms with Crippen molar-refractivity contribution in [3.8, 4) is 5.69 Å². The molecule has 2 rings (SSSR count). The molecule has 0 bridgehead atoms. The number of hydrogen-bond donors (Lipinski definition) is 2. The lowest BCUT2D eigenvalue weighted by Gasteiger charge is -2.10. The fourth-order valence-corrected chi connectivity index (χ4v) is 2.04. The van der Waals surface area contributed by atoms with Crippen molar-refractivity contribution in [1.82, 2.24) is 9.78 Å². The summed E-state index contributed by atoms with van der Waals surface area (Å²) in [4.78, 5) is 10.9. The van der Waals surface area contributed by atoms with Gasteiger partial charge in [-0.25, -0.2) is 13.9 Å². The molecule has 0 saturated heterocycles. The Morgan fingerprint density at radius 1 is 1.35 bits per heavy atom. The highest BCUT2D eigenvalue weighted by Crippen LogP contribution is 2.24. The van der Waals surface area contributed by atoms with Crippen LogP contribution in [0.4, 0.5) is 10.1 Å². The van der Waals surface area contributed by atoms with Crippen LogP contribution in [-0.4, -0.2) is 20.9 Å². The van der Waals surface area contributed by atoms with Crippen LogP contribution in [0.3, 0.4) is 0 Å². The van der Waals surface area contributed by atoms with Crippen molar-refractivity contribution in [2.75, 3.05) is 5.73 Å². The van der Waals surface area contributed by atoms with E-state index >= 15 is 0 Å². The van der Waals surface area contributed by atoms with Crippen LogP contribution in [0.5, 0.6) is 0 Å². The molecule has 1 heterocycles. The standard InChI is InChI=1S/C14H16FN3O2/c1-3-8-5-9(4-2)18(17-8)13-7-11(15)10(14(19)20)6-12(13)16/h5-7H,3-4,16H2,1-2H3,(H,19,20). The second-order valence-corrected chi connectivity index (χ2v) is 4.44. The predicted molar refractivity (Wildman–Crippen MR) is 73.6 cm³/mol. The molecule has 0 saturated carbocycles. The highest BCUT2D eigenvalue weighted by molar-refractivity contribution is 5.90. The molecule has 106 valence electrons. The summed E-state index contributed by atoms with van der Waals surface area (Å²) in [6.45, 7) is 3.94. The molecule has 0 amide bonds. The van der Waals surface area contributed by atoms with Crippen molar-refractivity contribution in [3.05, 3.63) is 41.0 Å². The second kappa shape index (κ2) is 5.32. The SMILES string of the molecule is CCc1cc(CC)n(-c2cc(F)c(C(=O)O)cc2N)n1. The number of carboxylic acids is 1. The van der Waals surface area contributed by atoms with Gasteiger partial charge in [0.2, 0.25) is 0 Å². The van der Waals surface area contributed by atoms with E-state index in [9.17, 15) is 9.18 Å². The third-order valence-corrected chi connectivity index (χ3v) is 3.13. The Bertz CT molecular complexity index is 665. The lowest BCUT2D eigenvalue weighted by Crippen LogP contribution is -2.09. The minimum atomic E-state index is -1.34. The Morgan fingerprint density at radius 2 is 2.05 bits per heavy atom. The van der Waals surface area contributed by atoms with Crippen molar-refractivity contribution in [1.29, 1.82) is 0 Å². The molecule has 1 aromatic heterocycles. The molecule has 2 aromatic rings. The topological polar surface area (TPSA) is 81.1 Å². The number of hydrogen-bond acceptors (Lipinski definition) is 3. The molecule has 0 spiro atoms. The molecule has 20 heavy (non-hydrogen) atoms. The average molecular weight is 277 g/mol. The Hall–Kier alpha value is -2.37. The van der Waals surface area contributed by atoms with Gasteiger partial charge < -0.3 is 10.8 Å². The van der Waals surface area contributed by atoms with Crippen LogP contribution >= 0.6 is 0 Å². The van der Waals surface area contributed by atoms with Crippen LogP contribution in [0.15, 0.2) is 18.2 Å². The van der Waals surface area contributed by atoms with E-state index in [-0.39, 0.29) is 5.69 Å². The summed E-state index contributed by atoms with van der Waals surface area (Å²) in [6.07, 6.45) is 1.48. The monoisotopic (exact) mass is 277 g/mol. The van der Waals surface area contributed by atoms with Crippen molar-refractivity contribution < 1.29 is 14.3 Å². The lowest BCUT2D eigenvalue weighted by atomic mass is 10.1. The number of anilines is 1. The van der Waals surface area contributed by atoms with Crippen molar-refractivity contribution >= 4 is 11.7 Å². The number of carboxylic acid groups (broad SMARTS) is 1. The molecule has 0 aliphatic heterocycles. The Kier molecular flexibility index (Phi) is 3.74. The van der Waals surface area contributed by atoms with E-state index < -0.39 is 17.3 Å². The zero-order valence-corrected chi connectivity index (χ0v) is 11.4. The molecule has 0 radical (unpaired) electrons. The molecule has 1 aromatic carbocycles. The highest BCUT2D eigenvalue weighted by atomic mass is 19.1. The number of benzene rings is 1. The molecule has 3 N–H and O–H groups in total. The fraction of sp³-hybridized carbons (Fsp3) is 0.286. The predicted octanol–water partition coefficient (Wildman–Crippen LogP) is 2.42. The summed E-state index contributed by atoms with van der Waals surface area (Å²) in [5.74, 6) is -2.16. The normalized spacial score (nSPS) is 10.8. The van der Waals surface area contributed by atoms with Gasteiger partial charge in [0.25, 0.3) is 0 Å². The summed E-state index contributed by atoms with van der Waals surface area (Å²) >= 11 is 0. The Balaban J connectivity index is 2.61. The maximum absolute atomic E-state index is 13.8. The number of halogens is 1. The second-order valence-electron chi connectivity index (χ2n) is 4.44. The summed E-state index contributed by atoms with van der Waals surface area (Å²) in [5.41, 5.74) is 7.73. The van der Waals surface area contributed by atoms with Gasteiger partial charge in [0, 0.05) is 11.8 Å². The number of rotatable bonds is 4. The molecule has 0 aliphatic rings. The van der Waals surface area contributed by atoms with Gasteiger partial charge in [-0.1, -0.05) is 13.8 Å². The first-order chi connectivity index (χ1) is 9.47. The first kappa shape index (κ1) is 14.0. The average Bonchev–Trinajstić information content (AvgIpc) is 2.83. The molecule has 5 nitrogen and oxygen atoms in total. The summed E-state index contributed by atoms with van der Waals surface area (Å²) in [7, 11) is 0. The van der Waals surface area contributed by atoms with E-state index in [0.29, 0.717) is 5.69 Å². The number of aryl methyl sites for hydroxylation is 2.